The maximum Gasteiger partial charge on any atom is 0.242 e. The Morgan fingerprint density at radius 1 is 1.35 bits per heavy atom. The van der Waals surface area contributed by atoms with Gasteiger partial charge in [-0.05, 0) is 25.8 Å². The Bertz CT molecular complexity index is 332. The molecule has 0 aromatic rings. The van der Waals surface area contributed by atoms with Crippen LogP contribution in [0.15, 0.2) is 0 Å². The first-order valence-electron chi connectivity index (χ1n) is 7.42. The molecule has 2 aliphatic rings. The Hall–Kier alpha value is -0.810. The third-order valence-corrected chi connectivity index (χ3v) is 4.22. The molecular weight excluding hydrogens is 278 g/mol. The normalized spacial score (nSPS) is 23.8. The average molecular weight is 304 g/mol. The predicted molar refractivity (Wildman–Crippen MR) is 81.0 cm³/mol. The number of hydrogen-bond donors (Lipinski definition) is 1. The Balaban J connectivity index is 0.00000200. The number of halogens is 1. The molecule has 2 fully saturated rings. The van der Waals surface area contributed by atoms with Gasteiger partial charge >= 0.3 is 0 Å². The molecule has 5 nitrogen and oxygen atoms in total. The zero-order valence-corrected chi connectivity index (χ0v) is 13.1. The van der Waals surface area contributed by atoms with Crippen LogP contribution in [0.25, 0.3) is 0 Å². The van der Waals surface area contributed by atoms with Crippen molar-refractivity contribution in [2.75, 3.05) is 33.2 Å². The quantitative estimate of drug-likeness (QED) is 0.847. The van der Waals surface area contributed by atoms with Crippen molar-refractivity contribution in [3.05, 3.63) is 0 Å². The van der Waals surface area contributed by atoms with E-state index in [4.69, 9.17) is 0 Å². The first-order chi connectivity index (χ1) is 9.18. The van der Waals surface area contributed by atoms with Gasteiger partial charge in [-0.15, -0.1) is 12.4 Å². The van der Waals surface area contributed by atoms with Gasteiger partial charge in [0, 0.05) is 32.6 Å². The zero-order valence-electron chi connectivity index (χ0n) is 12.3. The van der Waals surface area contributed by atoms with Crippen LogP contribution in [0.4, 0.5) is 0 Å². The Morgan fingerprint density at radius 2 is 2.10 bits per heavy atom. The fourth-order valence-electron chi connectivity index (χ4n) is 2.83. The van der Waals surface area contributed by atoms with Gasteiger partial charge in [-0.25, -0.2) is 0 Å². The number of nitrogens with one attached hydrogen (secondary N) is 1. The van der Waals surface area contributed by atoms with Gasteiger partial charge in [0.1, 0.15) is 0 Å². The number of carbonyl (C=O) groups excluding carboxylic acids is 2. The van der Waals surface area contributed by atoms with Gasteiger partial charge in [0.25, 0.3) is 0 Å². The molecule has 2 aliphatic heterocycles. The van der Waals surface area contributed by atoms with Gasteiger partial charge in [-0.1, -0.05) is 12.8 Å². The molecule has 6 heteroatoms. The van der Waals surface area contributed by atoms with Gasteiger partial charge in [0.05, 0.1) is 6.54 Å². The molecule has 1 unspecified atom stereocenters. The van der Waals surface area contributed by atoms with Crippen molar-refractivity contribution in [1.82, 2.24) is 15.1 Å². The topological polar surface area (TPSA) is 52.7 Å². The molecule has 0 saturated carbocycles. The lowest BCUT2D eigenvalue weighted by Crippen LogP contribution is -2.46. The fourth-order valence-corrected chi connectivity index (χ4v) is 2.83. The van der Waals surface area contributed by atoms with E-state index < -0.39 is 0 Å². The molecule has 0 bridgehead atoms. The first-order valence-corrected chi connectivity index (χ1v) is 7.42. The molecule has 2 rings (SSSR count). The SMILES string of the molecule is CN(C(=O)CN1CCCCCCC1=O)C1CCNC1.Cl. The van der Waals surface area contributed by atoms with Crippen LogP contribution in [0.2, 0.25) is 0 Å². The molecule has 2 saturated heterocycles. The van der Waals surface area contributed by atoms with E-state index in [0.717, 1.165) is 45.3 Å². The molecule has 0 aromatic carbocycles. The molecular formula is C14H26ClN3O2. The summed E-state index contributed by atoms with van der Waals surface area (Å²) in [5, 5.41) is 3.26. The van der Waals surface area contributed by atoms with E-state index in [1.54, 1.807) is 4.90 Å². The van der Waals surface area contributed by atoms with Crippen LogP contribution in [-0.2, 0) is 9.59 Å². The number of carbonyl (C=O) groups is 2. The molecule has 1 atom stereocenters. The summed E-state index contributed by atoms with van der Waals surface area (Å²) in [6.07, 6.45) is 5.90. The third kappa shape index (κ3) is 4.63. The molecule has 0 aliphatic carbocycles. The van der Waals surface area contributed by atoms with Gasteiger partial charge in [-0.2, -0.15) is 0 Å². The van der Waals surface area contributed by atoms with Crippen molar-refractivity contribution in [2.24, 2.45) is 0 Å². The van der Waals surface area contributed by atoms with E-state index in [1.165, 1.54) is 6.42 Å². The zero-order chi connectivity index (χ0) is 13.7. The van der Waals surface area contributed by atoms with Crippen molar-refractivity contribution in [3.8, 4) is 0 Å². The molecule has 116 valence electrons. The highest BCUT2D eigenvalue weighted by Gasteiger charge is 2.26. The summed E-state index contributed by atoms with van der Waals surface area (Å²) in [7, 11) is 1.86. The summed E-state index contributed by atoms with van der Waals surface area (Å²) < 4.78 is 0. The molecule has 2 amide bonds. The summed E-state index contributed by atoms with van der Waals surface area (Å²) >= 11 is 0. The summed E-state index contributed by atoms with van der Waals surface area (Å²) in [6.45, 7) is 2.84. The van der Waals surface area contributed by atoms with Crippen LogP contribution in [0.1, 0.15) is 38.5 Å². The number of nitrogens with zero attached hydrogens (tertiary/aromatic N) is 2. The lowest BCUT2D eigenvalue weighted by atomic mass is 10.1. The van der Waals surface area contributed by atoms with Crippen molar-refractivity contribution in [3.63, 3.8) is 0 Å². The van der Waals surface area contributed by atoms with Crippen molar-refractivity contribution in [2.45, 2.75) is 44.6 Å². The van der Waals surface area contributed by atoms with E-state index in [1.807, 2.05) is 11.9 Å². The largest absolute Gasteiger partial charge is 0.340 e. The molecule has 20 heavy (non-hydrogen) atoms. The van der Waals surface area contributed by atoms with Gasteiger partial charge in [0.2, 0.25) is 11.8 Å². The van der Waals surface area contributed by atoms with Crippen LogP contribution in [0.3, 0.4) is 0 Å². The summed E-state index contributed by atoms with van der Waals surface area (Å²) in [4.78, 5) is 27.8. The summed E-state index contributed by atoms with van der Waals surface area (Å²) in [6, 6.07) is 0.289. The first kappa shape index (κ1) is 17.2. The molecule has 1 N–H and O–H groups in total. The van der Waals surface area contributed by atoms with Crippen molar-refractivity contribution < 1.29 is 9.59 Å². The second-order valence-corrected chi connectivity index (χ2v) is 5.63. The van der Waals surface area contributed by atoms with Crippen molar-refractivity contribution in [1.29, 1.82) is 0 Å². The molecule has 0 aromatic heterocycles. The predicted octanol–water partition coefficient (Wildman–Crippen LogP) is 1.02. The van der Waals surface area contributed by atoms with Gasteiger partial charge in [-0.3, -0.25) is 9.59 Å². The minimum absolute atomic E-state index is 0. The van der Waals surface area contributed by atoms with Gasteiger partial charge < -0.3 is 15.1 Å². The lowest BCUT2D eigenvalue weighted by molar-refractivity contribution is -0.141. The molecule has 0 spiro atoms. The minimum Gasteiger partial charge on any atom is -0.340 e. The van der Waals surface area contributed by atoms with Crippen LogP contribution in [0.5, 0.6) is 0 Å². The fraction of sp³-hybridized carbons (Fsp3) is 0.857. The van der Waals surface area contributed by atoms with E-state index in [2.05, 4.69) is 5.32 Å². The maximum atomic E-state index is 12.2. The highest BCUT2D eigenvalue weighted by Crippen LogP contribution is 2.13. The number of hydrogen-bond acceptors (Lipinski definition) is 3. The van der Waals surface area contributed by atoms with Crippen LogP contribution in [-0.4, -0.2) is 60.9 Å². The van der Waals surface area contributed by atoms with Crippen LogP contribution >= 0.6 is 12.4 Å². The number of amides is 2. The standard InChI is InChI=1S/C14H25N3O2.ClH/c1-16(12-7-8-15-10-12)14(19)11-17-9-5-3-2-4-6-13(17)18;/h12,15H,2-11H2,1H3;1H. The second kappa shape index (κ2) is 8.47. The van der Waals surface area contributed by atoms with E-state index in [0.29, 0.717) is 6.42 Å². The number of likely N-dealkylation sites (N-methyl/N-ethyl adjacent to an activating group) is 1. The number of rotatable bonds is 3. The maximum absolute atomic E-state index is 12.2. The Labute approximate surface area is 127 Å². The van der Waals surface area contributed by atoms with Crippen molar-refractivity contribution >= 4 is 24.2 Å². The monoisotopic (exact) mass is 303 g/mol. The second-order valence-electron chi connectivity index (χ2n) is 5.63. The highest BCUT2D eigenvalue weighted by molar-refractivity contribution is 5.85. The summed E-state index contributed by atoms with van der Waals surface area (Å²) in [5.41, 5.74) is 0. The van der Waals surface area contributed by atoms with Gasteiger partial charge in [0.15, 0.2) is 0 Å². The average Bonchev–Trinajstić information content (AvgIpc) is 2.91. The van der Waals surface area contributed by atoms with E-state index >= 15 is 0 Å². The number of likely N-dealkylation sites (tertiary alicyclic amines) is 1. The molecule has 2 heterocycles. The third-order valence-electron chi connectivity index (χ3n) is 4.22. The van der Waals surface area contributed by atoms with E-state index in [9.17, 15) is 9.59 Å². The summed E-state index contributed by atoms with van der Waals surface area (Å²) in [5.74, 6) is 0.216. The van der Waals surface area contributed by atoms with Crippen LogP contribution < -0.4 is 5.32 Å². The smallest absolute Gasteiger partial charge is 0.242 e. The lowest BCUT2D eigenvalue weighted by Gasteiger charge is -2.29. The Kier molecular flexibility index (Phi) is 7.30. The molecule has 0 radical (unpaired) electrons. The highest BCUT2D eigenvalue weighted by atomic mass is 35.5. The van der Waals surface area contributed by atoms with Crippen LogP contribution in [0, 0.1) is 0 Å². The minimum atomic E-state index is 0. The Morgan fingerprint density at radius 3 is 2.80 bits per heavy atom. The van der Waals surface area contributed by atoms with E-state index in [-0.39, 0.29) is 36.8 Å².